The van der Waals surface area contributed by atoms with E-state index in [1.807, 2.05) is 37.3 Å². The normalized spacial score (nSPS) is 17.3. The third-order valence-corrected chi connectivity index (χ3v) is 3.23. The van der Waals surface area contributed by atoms with Crippen LogP contribution in [-0.4, -0.2) is 33.6 Å². The van der Waals surface area contributed by atoms with E-state index in [-0.39, 0.29) is 6.10 Å². The molecule has 0 amide bonds. The maximum absolute atomic E-state index is 9.74. The van der Waals surface area contributed by atoms with E-state index in [1.54, 1.807) is 30.4 Å². The van der Waals surface area contributed by atoms with E-state index < -0.39 is 12.2 Å². The van der Waals surface area contributed by atoms with Crippen molar-refractivity contribution < 1.29 is 15.3 Å². The molecule has 0 saturated carbocycles. The Kier molecular flexibility index (Phi) is 14.5. The predicted molar refractivity (Wildman–Crippen MR) is 98.2 cm³/mol. The fraction of sp³-hybridized carbons (Fsp3) is 0.500. The van der Waals surface area contributed by atoms with Crippen molar-refractivity contribution in [1.29, 1.82) is 0 Å². The van der Waals surface area contributed by atoms with Crippen molar-refractivity contribution in [2.75, 3.05) is 0 Å². The summed E-state index contributed by atoms with van der Waals surface area (Å²) in [6.45, 7) is 4.02. The quantitative estimate of drug-likeness (QED) is 0.479. The molecule has 0 saturated heterocycles. The zero-order valence-corrected chi connectivity index (χ0v) is 14.4. The van der Waals surface area contributed by atoms with E-state index in [1.165, 1.54) is 0 Å². The molecule has 3 N–H and O–H groups in total. The van der Waals surface area contributed by atoms with Crippen molar-refractivity contribution in [1.82, 2.24) is 0 Å². The van der Waals surface area contributed by atoms with Gasteiger partial charge < -0.3 is 15.3 Å². The van der Waals surface area contributed by atoms with Crippen LogP contribution < -0.4 is 0 Å². The lowest BCUT2D eigenvalue weighted by atomic mass is 10.1. The van der Waals surface area contributed by atoms with E-state index in [4.69, 9.17) is 0 Å². The summed E-state index contributed by atoms with van der Waals surface area (Å²) < 4.78 is 0. The Bertz CT molecular complexity index is 405. The number of unbranched alkanes of at least 4 members (excludes halogenated alkanes) is 1. The Morgan fingerprint density at radius 3 is 1.87 bits per heavy atom. The summed E-state index contributed by atoms with van der Waals surface area (Å²) in [7, 11) is 0. The Morgan fingerprint density at radius 2 is 1.26 bits per heavy atom. The lowest BCUT2D eigenvalue weighted by molar-refractivity contribution is 0.209. The van der Waals surface area contributed by atoms with E-state index >= 15 is 0 Å². The minimum atomic E-state index is -0.528. The molecule has 0 bridgehead atoms. The van der Waals surface area contributed by atoms with Gasteiger partial charge in [-0.1, -0.05) is 87.4 Å². The summed E-state index contributed by atoms with van der Waals surface area (Å²) >= 11 is 0. The lowest BCUT2D eigenvalue weighted by Gasteiger charge is -2.01. The van der Waals surface area contributed by atoms with Gasteiger partial charge in [0.1, 0.15) is 0 Å². The van der Waals surface area contributed by atoms with Gasteiger partial charge in [-0.05, 0) is 19.3 Å². The number of allylic oxidation sites excluding steroid dienone is 6. The second-order valence-corrected chi connectivity index (χ2v) is 5.46. The van der Waals surface area contributed by atoms with Crippen LogP contribution in [-0.2, 0) is 0 Å². The highest BCUT2D eigenvalue weighted by Gasteiger charge is 1.95. The van der Waals surface area contributed by atoms with E-state index in [0.717, 1.165) is 19.3 Å². The summed E-state index contributed by atoms with van der Waals surface area (Å²) in [4.78, 5) is 0. The molecule has 0 aliphatic heterocycles. The minimum Gasteiger partial charge on any atom is -0.389 e. The molecule has 3 atom stereocenters. The van der Waals surface area contributed by atoms with Gasteiger partial charge in [0.05, 0.1) is 18.3 Å². The SMILES string of the molecule is CCCCC(O)/C=C/C=C/C=C/[C@H](O)C/C=C\C=C\C(O)CC. The smallest absolute Gasteiger partial charge is 0.0758 e. The largest absolute Gasteiger partial charge is 0.389 e. The molecule has 3 heteroatoms. The number of hydrogen-bond acceptors (Lipinski definition) is 3. The summed E-state index contributed by atoms with van der Waals surface area (Å²) in [5, 5.41) is 28.7. The fourth-order valence-corrected chi connectivity index (χ4v) is 1.73. The number of aliphatic hydroxyl groups is 3. The predicted octanol–water partition coefficient (Wildman–Crippen LogP) is 3.84. The molecule has 23 heavy (non-hydrogen) atoms. The van der Waals surface area contributed by atoms with Gasteiger partial charge in [-0.25, -0.2) is 0 Å². The van der Waals surface area contributed by atoms with E-state index in [2.05, 4.69) is 6.92 Å². The van der Waals surface area contributed by atoms with Crippen LogP contribution in [0.3, 0.4) is 0 Å². The van der Waals surface area contributed by atoms with E-state index in [9.17, 15) is 15.3 Å². The van der Waals surface area contributed by atoms with Crippen LogP contribution in [0.1, 0.15) is 46.0 Å². The third-order valence-electron chi connectivity index (χ3n) is 3.23. The number of aliphatic hydroxyl groups excluding tert-OH is 3. The summed E-state index contributed by atoms with van der Waals surface area (Å²) in [5.41, 5.74) is 0. The average Bonchev–Trinajstić information content (AvgIpc) is 2.55. The molecule has 0 aromatic heterocycles. The van der Waals surface area contributed by atoms with Crippen LogP contribution in [0.4, 0.5) is 0 Å². The second kappa shape index (κ2) is 15.5. The first-order valence-corrected chi connectivity index (χ1v) is 8.49. The molecule has 0 aromatic rings. The molecular weight excluding hydrogens is 288 g/mol. The monoisotopic (exact) mass is 320 g/mol. The van der Waals surface area contributed by atoms with Gasteiger partial charge in [-0.15, -0.1) is 0 Å². The Morgan fingerprint density at radius 1 is 0.696 bits per heavy atom. The van der Waals surface area contributed by atoms with Gasteiger partial charge in [-0.3, -0.25) is 0 Å². The molecule has 0 fully saturated rings. The minimum absolute atomic E-state index is 0.376. The first-order valence-electron chi connectivity index (χ1n) is 8.49. The van der Waals surface area contributed by atoms with Crippen molar-refractivity contribution in [2.24, 2.45) is 0 Å². The molecule has 3 nitrogen and oxygen atoms in total. The summed E-state index contributed by atoms with van der Waals surface area (Å²) in [6, 6.07) is 0. The molecule has 0 aliphatic rings. The van der Waals surface area contributed by atoms with Crippen molar-refractivity contribution >= 4 is 0 Å². The van der Waals surface area contributed by atoms with Gasteiger partial charge in [0, 0.05) is 0 Å². The Labute approximate surface area is 141 Å². The van der Waals surface area contributed by atoms with Gasteiger partial charge in [-0.2, -0.15) is 0 Å². The summed E-state index contributed by atoms with van der Waals surface area (Å²) in [5.74, 6) is 0. The fourth-order valence-electron chi connectivity index (χ4n) is 1.73. The van der Waals surface area contributed by atoms with Crippen molar-refractivity contribution in [3.05, 3.63) is 60.8 Å². The zero-order chi connectivity index (χ0) is 17.3. The second-order valence-electron chi connectivity index (χ2n) is 5.46. The third kappa shape index (κ3) is 15.3. The molecule has 2 unspecified atom stereocenters. The van der Waals surface area contributed by atoms with E-state index in [0.29, 0.717) is 12.8 Å². The molecule has 0 radical (unpaired) electrons. The Hall–Kier alpha value is -1.42. The van der Waals surface area contributed by atoms with Crippen LogP contribution >= 0.6 is 0 Å². The lowest BCUT2D eigenvalue weighted by Crippen LogP contribution is -2.00. The zero-order valence-electron chi connectivity index (χ0n) is 14.4. The van der Waals surface area contributed by atoms with Gasteiger partial charge in [0.15, 0.2) is 0 Å². The first-order chi connectivity index (χ1) is 11.1. The first kappa shape index (κ1) is 21.6. The van der Waals surface area contributed by atoms with Gasteiger partial charge >= 0.3 is 0 Å². The van der Waals surface area contributed by atoms with Gasteiger partial charge in [0.25, 0.3) is 0 Å². The number of hydrogen-bond donors (Lipinski definition) is 3. The average molecular weight is 320 g/mol. The van der Waals surface area contributed by atoms with Crippen molar-refractivity contribution in [2.45, 2.75) is 64.3 Å². The van der Waals surface area contributed by atoms with Crippen LogP contribution in [0.5, 0.6) is 0 Å². The van der Waals surface area contributed by atoms with Crippen LogP contribution in [0.15, 0.2) is 60.8 Å². The van der Waals surface area contributed by atoms with Crippen LogP contribution in [0.2, 0.25) is 0 Å². The summed E-state index contributed by atoms with van der Waals surface area (Å²) in [6.07, 6.45) is 20.8. The van der Waals surface area contributed by atoms with Crippen LogP contribution in [0.25, 0.3) is 0 Å². The van der Waals surface area contributed by atoms with Crippen LogP contribution in [0, 0.1) is 0 Å². The maximum atomic E-state index is 9.74. The topological polar surface area (TPSA) is 60.7 Å². The Balaban J connectivity index is 3.93. The molecule has 0 heterocycles. The highest BCUT2D eigenvalue weighted by molar-refractivity contribution is 5.13. The number of rotatable bonds is 12. The molecule has 0 rings (SSSR count). The molecular formula is C20H32O3. The maximum Gasteiger partial charge on any atom is 0.0758 e. The molecule has 0 aromatic carbocycles. The standard InChI is InChI=1S/C20H32O3/c1-3-5-13-19(22)15-9-6-7-10-16-20(23)17-12-8-11-14-18(21)4-2/h6-12,14-16,18-23H,3-5,13,17H2,1-2H3/b7-6+,12-8-,14-11+,15-9+,16-10+/t18?,19?,20-/m0/s1. The molecule has 130 valence electrons. The highest BCUT2D eigenvalue weighted by atomic mass is 16.3. The molecule has 0 spiro atoms. The molecule has 0 aliphatic carbocycles. The van der Waals surface area contributed by atoms with Crippen molar-refractivity contribution in [3.63, 3.8) is 0 Å². The van der Waals surface area contributed by atoms with Crippen molar-refractivity contribution in [3.8, 4) is 0 Å². The highest BCUT2D eigenvalue weighted by Crippen LogP contribution is 2.01. The van der Waals surface area contributed by atoms with Gasteiger partial charge in [0.2, 0.25) is 0 Å².